The van der Waals surface area contributed by atoms with Crippen molar-refractivity contribution in [1.82, 2.24) is 20.4 Å². The monoisotopic (exact) mass is 332 g/mol. The molecule has 0 saturated heterocycles. The largest absolute Gasteiger partial charge is 0.420 e. The molecule has 0 fully saturated rings. The molecule has 2 heterocycles. The first-order valence-corrected chi connectivity index (χ1v) is 7.96. The Balaban J connectivity index is 1.51. The van der Waals surface area contributed by atoms with Crippen LogP contribution >= 0.6 is 0 Å². The molecule has 4 aromatic rings. The van der Waals surface area contributed by atoms with Gasteiger partial charge < -0.3 is 8.83 Å². The Kier molecular flexibility index (Phi) is 3.85. The molecule has 0 aliphatic carbocycles. The molecule has 0 aliphatic heterocycles. The van der Waals surface area contributed by atoms with Gasteiger partial charge in [-0.1, -0.05) is 35.4 Å². The van der Waals surface area contributed by atoms with E-state index >= 15 is 0 Å². The van der Waals surface area contributed by atoms with Crippen molar-refractivity contribution in [3.8, 4) is 22.9 Å². The lowest BCUT2D eigenvalue weighted by molar-refractivity contribution is 0.466. The zero-order chi connectivity index (χ0) is 17.2. The van der Waals surface area contributed by atoms with Crippen LogP contribution in [0.15, 0.2) is 57.4 Å². The maximum atomic E-state index is 5.69. The summed E-state index contributed by atoms with van der Waals surface area (Å²) in [6, 6.07) is 15.8. The molecule has 0 spiro atoms. The summed E-state index contributed by atoms with van der Waals surface area (Å²) in [4.78, 5) is 0. The number of rotatable bonds is 4. The van der Waals surface area contributed by atoms with Crippen molar-refractivity contribution in [2.24, 2.45) is 0 Å². The summed E-state index contributed by atoms with van der Waals surface area (Å²) >= 11 is 0. The molecule has 0 bridgehead atoms. The standard InChI is InChI=1S/C19H16N4O2/c1-12-3-7-14(8-4-12)18-22-20-16(24-18)11-17-21-23-19(25-17)15-9-5-13(2)6-10-15/h3-10H,11H2,1-2H3. The van der Waals surface area contributed by atoms with E-state index < -0.39 is 0 Å². The average Bonchev–Trinajstić information content (AvgIpc) is 3.27. The third-order valence-corrected chi connectivity index (χ3v) is 3.83. The van der Waals surface area contributed by atoms with Crippen LogP contribution in [0, 0.1) is 13.8 Å². The predicted octanol–water partition coefficient (Wildman–Crippen LogP) is 3.99. The van der Waals surface area contributed by atoms with E-state index in [-0.39, 0.29) is 0 Å². The zero-order valence-corrected chi connectivity index (χ0v) is 13.9. The van der Waals surface area contributed by atoms with Crippen LogP contribution in [0.5, 0.6) is 0 Å². The molecule has 6 nitrogen and oxygen atoms in total. The first-order chi connectivity index (χ1) is 12.2. The molecule has 0 amide bonds. The van der Waals surface area contributed by atoms with Crippen LogP contribution in [0.4, 0.5) is 0 Å². The molecule has 2 aromatic heterocycles. The smallest absolute Gasteiger partial charge is 0.247 e. The van der Waals surface area contributed by atoms with E-state index in [1.54, 1.807) is 0 Å². The molecule has 0 atom stereocenters. The molecule has 124 valence electrons. The van der Waals surface area contributed by atoms with Crippen molar-refractivity contribution < 1.29 is 8.83 Å². The van der Waals surface area contributed by atoms with Crippen molar-refractivity contribution >= 4 is 0 Å². The molecule has 6 heteroatoms. The van der Waals surface area contributed by atoms with Gasteiger partial charge in [-0.05, 0) is 38.1 Å². The summed E-state index contributed by atoms with van der Waals surface area (Å²) in [7, 11) is 0. The number of nitrogens with zero attached hydrogens (tertiary/aromatic N) is 4. The molecule has 0 aliphatic rings. The van der Waals surface area contributed by atoms with E-state index in [9.17, 15) is 0 Å². The quantitative estimate of drug-likeness (QED) is 0.562. The van der Waals surface area contributed by atoms with Crippen molar-refractivity contribution in [2.75, 3.05) is 0 Å². The minimum absolute atomic E-state index is 0.303. The van der Waals surface area contributed by atoms with Crippen LogP contribution in [0.1, 0.15) is 22.9 Å². The van der Waals surface area contributed by atoms with Gasteiger partial charge in [0.05, 0.1) is 0 Å². The van der Waals surface area contributed by atoms with E-state index in [2.05, 4.69) is 20.4 Å². The lowest BCUT2D eigenvalue weighted by atomic mass is 10.1. The molecule has 25 heavy (non-hydrogen) atoms. The average molecular weight is 332 g/mol. The van der Waals surface area contributed by atoms with Crippen molar-refractivity contribution in [3.05, 3.63) is 71.4 Å². The Morgan fingerprint density at radius 3 is 1.40 bits per heavy atom. The van der Waals surface area contributed by atoms with Crippen LogP contribution in [-0.2, 0) is 6.42 Å². The minimum Gasteiger partial charge on any atom is -0.420 e. The fourth-order valence-corrected chi connectivity index (χ4v) is 2.41. The zero-order valence-electron chi connectivity index (χ0n) is 13.9. The maximum Gasteiger partial charge on any atom is 0.247 e. The van der Waals surface area contributed by atoms with Crippen LogP contribution < -0.4 is 0 Å². The highest BCUT2D eigenvalue weighted by atomic mass is 16.4. The summed E-state index contributed by atoms with van der Waals surface area (Å²) < 4.78 is 11.4. The summed E-state index contributed by atoms with van der Waals surface area (Å²) in [5.41, 5.74) is 4.13. The van der Waals surface area contributed by atoms with Crippen molar-refractivity contribution in [2.45, 2.75) is 20.3 Å². The second kappa shape index (κ2) is 6.32. The number of hydrogen-bond acceptors (Lipinski definition) is 6. The topological polar surface area (TPSA) is 77.8 Å². The lowest BCUT2D eigenvalue weighted by Gasteiger charge is -1.95. The fraction of sp³-hybridized carbons (Fsp3) is 0.158. The number of aryl methyl sites for hydroxylation is 2. The SMILES string of the molecule is Cc1ccc(-c2nnc(Cc3nnc(-c4ccc(C)cc4)o3)o2)cc1. The fourth-order valence-electron chi connectivity index (χ4n) is 2.41. The summed E-state index contributed by atoms with van der Waals surface area (Å²) in [6.45, 7) is 4.06. The first kappa shape index (κ1) is 15.3. The van der Waals surface area contributed by atoms with E-state index in [1.807, 2.05) is 62.4 Å². The van der Waals surface area contributed by atoms with Crippen LogP contribution in [0.3, 0.4) is 0 Å². The highest BCUT2D eigenvalue weighted by molar-refractivity contribution is 5.53. The van der Waals surface area contributed by atoms with Gasteiger partial charge in [-0.2, -0.15) is 0 Å². The van der Waals surface area contributed by atoms with E-state index in [4.69, 9.17) is 8.83 Å². The highest BCUT2D eigenvalue weighted by Gasteiger charge is 2.14. The van der Waals surface area contributed by atoms with Gasteiger partial charge in [0.2, 0.25) is 23.6 Å². The Morgan fingerprint density at radius 2 is 1.00 bits per heavy atom. The third-order valence-electron chi connectivity index (χ3n) is 3.83. The van der Waals surface area contributed by atoms with Crippen molar-refractivity contribution in [1.29, 1.82) is 0 Å². The van der Waals surface area contributed by atoms with Gasteiger partial charge in [0.1, 0.15) is 6.42 Å². The van der Waals surface area contributed by atoms with E-state index in [0.717, 1.165) is 11.1 Å². The van der Waals surface area contributed by atoms with Gasteiger partial charge >= 0.3 is 0 Å². The maximum absolute atomic E-state index is 5.69. The third kappa shape index (κ3) is 3.33. The normalized spacial score (nSPS) is 11.0. The van der Waals surface area contributed by atoms with Gasteiger partial charge in [-0.3, -0.25) is 0 Å². The Labute approximate surface area is 144 Å². The second-order valence-corrected chi connectivity index (χ2v) is 5.91. The molecule has 2 aromatic carbocycles. The summed E-state index contributed by atoms with van der Waals surface area (Å²) in [5.74, 6) is 1.84. The predicted molar refractivity (Wildman–Crippen MR) is 91.7 cm³/mol. The van der Waals surface area contributed by atoms with E-state index in [1.165, 1.54) is 11.1 Å². The highest BCUT2D eigenvalue weighted by Crippen LogP contribution is 2.21. The molecule has 0 radical (unpaired) electrons. The van der Waals surface area contributed by atoms with Gasteiger partial charge in [0.15, 0.2) is 0 Å². The number of hydrogen-bond donors (Lipinski definition) is 0. The van der Waals surface area contributed by atoms with Gasteiger partial charge in [0, 0.05) is 11.1 Å². The Morgan fingerprint density at radius 1 is 0.600 bits per heavy atom. The molecule has 0 saturated carbocycles. The summed E-state index contributed by atoms with van der Waals surface area (Å²) in [6.07, 6.45) is 0.303. The van der Waals surface area contributed by atoms with Gasteiger partial charge in [-0.25, -0.2) is 0 Å². The van der Waals surface area contributed by atoms with Crippen LogP contribution in [0.2, 0.25) is 0 Å². The molecular formula is C19H16N4O2. The van der Waals surface area contributed by atoms with Crippen molar-refractivity contribution in [3.63, 3.8) is 0 Å². The Hall–Kier alpha value is -3.28. The van der Waals surface area contributed by atoms with Crippen LogP contribution in [0.25, 0.3) is 22.9 Å². The minimum atomic E-state index is 0.303. The molecular weight excluding hydrogens is 316 g/mol. The second-order valence-electron chi connectivity index (χ2n) is 5.91. The lowest BCUT2D eigenvalue weighted by Crippen LogP contribution is -1.88. The number of benzene rings is 2. The molecule has 0 unspecified atom stereocenters. The molecule has 4 rings (SSSR count). The van der Waals surface area contributed by atoms with Crippen LogP contribution in [-0.4, -0.2) is 20.4 Å². The first-order valence-electron chi connectivity index (χ1n) is 7.96. The van der Waals surface area contributed by atoms with Gasteiger partial charge in [-0.15, -0.1) is 20.4 Å². The van der Waals surface area contributed by atoms with E-state index in [0.29, 0.717) is 30.0 Å². The number of aromatic nitrogens is 4. The Bertz CT molecular complexity index is 903. The van der Waals surface area contributed by atoms with Gasteiger partial charge in [0.25, 0.3) is 0 Å². The molecule has 0 N–H and O–H groups in total. The summed E-state index contributed by atoms with van der Waals surface area (Å²) in [5, 5.41) is 16.3.